The molecule has 1 amide bonds. The third-order valence-electron chi connectivity index (χ3n) is 3.51. The van der Waals surface area contributed by atoms with Gasteiger partial charge in [0.2, 0.25) is 0 Å². The van der Waals surface area contributed by atoms with Gasteiger partial charge in [0, 0.05) is 28.2 Å². The standard InChI is InChI=1S/C17H15ClN2O/c1-2-11-3-6-13(7-4-11)19-10-15-14-9-12(18)5-8-16(14)20-17(15)21/h3-10,19H,2H2,1H3,(H,20,21). The van der Waals surface area contributed by atoms with E-state index in [1.54, 1.807) is 18.3 Å². The van der Waals surface area contributed by atoms with Gasteiger partial charge >= 0.3 is 0 Å². The van der Waals surface area contributed by atoms with E-state index in [0.717, 1.165) is 23.4 Å². The highest BCUT2D eigenvalue weighted by Crippen LogP contribution is 2.33. The van der Waals surface area contributed by atoms with Crippen LogP contribution < -0.4 is 10.6 Å². The van der Waals surface area contributed by atoms with Crippen molar-refractivity contribution in [1.29, 1.82) is 0 Å². The molecule has 0 bridgehead atoms. The Labute approximate surface area is 128 Å². The summed E-state index contributed by atoms with van der Waals surface area (Å²) < 4.78 is 0. The number of carbonyl (C=O) groups excluding carboxylic acids is 1. The van der Waals surface area contributed by atoms with E-state index in [9.17, 15) is 4.79 Å². The SMILES string of the molecule is CCc1ccc(NC=C2C(=O)Nc3ccc(Cl)cc32)cc1. The fraction of sp³-hybridized carbons (Fsp3) is 0.118. The largest absolute Gasteiger partial charge is 0.361 e. The Bertz CT molecular complexity index is 720. The Balaban J connectivity index is 1.86. The average Bonchev–Trinajstić information content (AvgIpc) is 2.80. The lowest BCUT2D eigenvalue weighted by Gasteiger charge is -2.04. The lowest BCUT2D eigenvalue weighted by Crippen LogP contribution is -2.05. The van der Waals surface area contributed by atoms with Crippen LogP contribution in [-0.2, 0) is 11.2 Å². The van der Waals surface area contributed by atoms with Crippen molar-refractivity contribution in [2.75, 3.05) is 10.6 Å². The summed E-state index contributed by atoms with van der Waals surface area (Å²) in [6.45, 7) is 2.12. The van der Waals surface area contributed by atoms with Crippen LogP contribution in [0.1, 0.15) is 18.1 Å². The number of hydrogen-bond acceptors (Lipinski definition) is 2. The van der Waals surface area contributed by atoms with Crippen LogP contribution >= 0.6 is 11.6 Å². The normalized spacial score (nSPS) is 15.0. The second-order valence-electron chi connectivity index (χ2n) is 4.90. The Morgan fingerprint density at radius 1 is 1.19 bits per heavy atom. The molecule has 2 aromatic carbocycles. The van der Waals surface area contributed by atoms with Gasteiger partial charge in [0.25, 0.3) is 5.91 Å². The third-order valence-corrected chi connectivity index (χ3v) is 3.75. The Morgan fingerprint density at radius 2 is 1.95 bits per heavy atom. The summed E-state index contributed by atoms with van der Waals surface area (Å²) >= 11 is 6.00. The van der Waals surface area contributed by atoms with Crippen LogP contribution in [0.3, 0.4) is 0 Å². The minimum Gasteiger partial charge on any atom is -0.361 e. The van der Waals surface area contributed by atoms with Gasteiger partial charge in [0.05, 0.1) is 5.57 Å². The van der Waals surface area contributed by atoms with Gasteiger partial charge in [-0.05, 0) is 42.3 Å². The number of benzene rings is 2. The summed E-state index contributed by atoms with van der Waals surface area (Å²) in [6, 6.07) is 13.5. The van der Waals surface area contributed by atoms with Crippen molar-refractivity contribution in [3.63, 3.8) is 0 Å². The molecular weight excluding hydrogens is 284 g/mol. The number of rotatable bonds is 3. The first kappa shape index (κ1) is 13.7. The maximum atomic E-state index is 12.0. The molecule has 0 aromatic heterocycles. The number of nitrogens with one attached hydrogen (secondary N) is 2. The second-order valence-corrected chi connectivity index (χ2v) is 5.33. The third kappa shape index (κ3) is 2.78. The van der Waals surface area contributed by atoms with Crippen LogP contribution in [0.25, 0.3) is 5.57 Å². The number of hydrogen-bond donors (Lipinski definition) is 2. The van der Waals surface area contributed by atoms with Crippen LogP contribution in [0, 0.1) is 0 Å². The fourth-order valence-electron chi connectivity index (χ4n) is 2.30. The highest BCUT2D eigenvalue weighted by molar-refractivity contribution is 6.34. The topological polar surface area (TPSA) is 41.1 Å². The molecule has 106 valence electrons. The molecule has 0 aliphatic carbocycles. The Morgan fingerprint density at radius 3 is 2.67 bits per heavy atom. The lowest BCUT2D eigenvalue weighted by atomic mass is 10.1. The highest BCUT2D eigenvalue weighted by atomic mass is 35.5. The van der Waals surface area contributed by atoms with Crippen LogP contribution in [0.4, 0.5) is 11.4 Å². The number of aryl methyl sites for hydroxylation is 1. The van der Waals surface area contributed by atoms with Gasteiger partial charge in [0.15, 0.2) is 0 Å². The summed E-state index contributed by atoms with van der Waals surface area (Å²) in [5.74, 6) is -0.120. The van der Waals surface area contributed by atoms with Gasteiger partial charge in [-0.2, -0.15) is 0 Å². The molecule has 0 saturated carbocycles. The van der Waals surface area contributed by atoms with E-state index < -0.39 is 0 Å². The van der Waals surface area contributed by atoms with E-state index in [-0.39, 0.29) is 5.91 Å². The van der Waals surface area contributed by atoms with Crippen molar-refractivity contribution in [3.8, 4) is 0 Å². The molecule has 0 unspecified atom stereocenters. The van der Waals surface area contributed by atoms with Crippen LogP contribution in [0.15, 0.2) is 48.7 Å². The first-order chi connectivity index (χ1) is 10.2. The quantitative estimate of drug-likeness (QED) is 0.829. The van der Waals surface area contributed by atoms with Crippen LogP contribution in [-0.4, -0.2) is 5.91 Å². The molecular formula is C17H15ClN2O. The number of halogens is 1. The fourth-order valence-corrected chi connectivity index (χ4v) is 2.47. The van der Waals surface area contributed by atoms with Crippen molar-refractivity contribution >= 4 is 34.5 Å². The second kappa shape index (κ2) is 5.62. The van der Waals surface area contributed by atoms with E-state index in [1.807, 2.05) is 18.2 Å². The van der Waals surface area contributed by atoms with Gasteiger partial charge < -0.3 is 10.6 Å². The minimum atomic E-state index is -0.120. The molecule has 3 rings (SSSR count). The highest BCUT2D eigenvalue weighted by Gasteiger charge is 2.24. The smallest absolute Gasteiger partial charge is 0.257 e. The zero-order valence-corrected chi connectivity index (χ0v) is 12.4. The maximum absolute atomic E-state index is 12.0. The molecule has 1 aliphatic heterocycles. The van der Waals surface area contributed by atoms with Crippen LogP contribution in [0.5, 0.6) is 0 Å². The van der Waals surface area contributed by atoms with E-state index in [0.29, 0.717) is 10.6 Å². The average molecular weight is 299 g/mol. The summed E-state index contributed by atoms with van der Waals surface area (Å²) in [5.41, 5.74) is 4.43. The van der Waals surface area contributed by atoms with Crippen molar-refractivity contribution in [2.45, 2.75) is 13.3 Å². The van der Waals surface area contributed by atoms with Crippen molar-refractivity contribution in [1.82, 2.24) is 0 Å². The molecule has 0 atom stereocenters. The molecule has 0 saturated heterocycles. The van der Waals surface area contributed by atoms with Gasteiger partial charge in [-0.15, -0.1) is 0 Å². The van der Waals surface area contributed by atoms with Gasteiger partial charge in [0.1, 0.15) is 0 Å². The van der Waals surface area contributed by atoms with Gasteiger partial charge in [-0.1, -0.05) is 30.7 Å². The first-order valence-electron chi connectivity index (χ1n) is 6.84. The predicted octanol–water partition coefficient (Wildman–Crippen LogP) is 4.31. The zero-order valence-electron chi connectivity index (χ0n) is 11.6. The van der Waals surface area contributed by atoms with Crippen molar-refractivity contribution in [3.05, 3.63) is 64.8 Å². The molecule has 3 nitrogen and oxygen atoms in total. The monoisotopic (exact) mass is 298 g/mol. The predicted molar refractivity (Wildman–Crippen MR) is 87.5 cm³/mol. The van der Waals surface area contributed by atoms with E-state index >= 15 is 0 Å². The molecule has 0 spiro atoms. The number of anilines is 2. The molecule has 21 heavy (non-hydrogen) atoms. The molecule has 2 aromatic rings. The van der Waals surface area contributed by atoms with Crippen molar-refractivity contribution in [2.24, 2.45) is 0 Å². The lowest BCUT2D eigenvalue weighted by molar-refractivity contribution is -0.110. The molecule has 0 radical (unpaired) electrons. The van der Waals surface area contributed by atoms with Crippen molar-refractivity contribution < 1.29 is 4.79 Å². The Kier molecular flexibility index (Phi) is 3.67. The van der Waals surface area contributed by atoms with Gasteiger partial charge in [-0.3, -0.25) is 4.79 Å². The number of amides is 1. The molecule has 1 aliphatic rings. The Hall–Kier alpha value is -2.26. The van der Waals surface area contributed by atoms with E-state index in [2.05, 4.69) is 29.7 Å². The maximum Gasteiger partial charge on any atom is 0.257 e. The number of fused-ring (bicyclic) bond motifs is 1. The summed E-state index contributed by atoms with van der Waals surface area (Å²) in [5, 5.41) is 6.60. The molecule has 0 fully saturated rings. The van der Waals surface area contributed by atoms with Crippen LogP contribution in [0.2, 0.25) is 5.02 Å². The molecule has 2 N–H and O–H groups in total. The number of carbonyl (C=O) groups is 1. The van der Waals surface area contributed by atoms with E-state index in [4.69, 9.17) is 11.6 Å². The summed E-state index contributed by atoms with van der Waals surface area (Å²) in [4.78, 5) is 12.0. The minimum absolute atomic E-state index is 0.120. The summed E-state index contributed by atoms with van der Waals surface area (Å²) in [7, 11) is 0. The first-order valence-corrected chi connectivity index (χ1v) is 7.22. The molecule has 4 heteroatoms. The summed E-state index contributed by atoms with van der Waals surface area (Å²) in [6.07, 6.45) is 2.73. The zero-order chi connectivity index (χ0) is 14.8. The van der Waals surface area contributed by atoms with E-state index in [1.165, 1.54) is 5.56 Å². The molecule has 1 heterocycles. The van der Waals surface area contributed by atoms with Gasteiger partial charge in [-0.25, -0.2) is 0 Å².